The zero-order valence-electron chi connectivity index (χ0n) is 27.8. The normalized spacial score (nSPS) is 21.1. The molecule has 3 aliphatic rings. The third kappa shape index (κ3) is 6.82. The fourth-order valence-electron chi connectivity index (χ4n) is 6.45. The first kappa shape index (κ1) is 32.8. The number of aromatic nitrogens is 3. The molecule has 5 heterocycles. The Morgan fingerprint density at radius 3 is 2.51 bits per heavy atom. The molecule has 4 aromatic rings. The third-order valence-electron chi connectivity index (χ3n) is 8.91. The zero-order chi connectivity index (χ0) is 33.7. The molecule has 1 fully saturated rings. The number of halogens is 2. The summed E-state index contributed by atoms with van der Waals surface area (Å²) in [5.41, 5.74) is 2.79. The topological polar surface area (TPSA) is 98.4 Å². The van der Waals surface area contributed by atoms with Crippen molar-refractivity contribution in [1.29, 1.82) is 0 Å². The summed E-state index contributed by atoms with van der Waals surface area (Å²) in [5.74, 6) is -2.18. The molecule has 0 radical (unpaired) electrons. The fourth-order valence-corrected chi connectivity index (χ4v) is 6.45. The number of nitrogens with zero attached hydrogens (tertiary/aromatic N) is 4. The van der Waals surface area contributed by atoms with Gasteiger partial charge in [0, 0.05) is 48.6 Å². The van der Waals surface area contributed by atoms with Crippen LogP contribution < -0.4 is 9.64 Å². The van der Waals surface area contributed by atoms with Gasteiger partial charge in [0.1, 0.15) is 11.6 Å². The van der Waals surface area contributed by atoms with Crippen LogP contribution in [-0.2, 0) is 14.3 Å². The Hall–Kier alpha value is -4.09. The summed E-state index contributed by atoms with van der Waals surface area (Å²) in [6.45, 7) is 13.0. The average molecular weight is 649 g/mol. The van der Waals surface area contributed by atoms with E-state index in [-0.39, 0.29) is 17.5 Å². The van der Waals surface area contributed by atoms with Crippen molar-refractivity contribution in [3.05, 3.63) is 65.4 Å². The maximum atomic E-state index is 14.6. The first-order chi connectivity index (χ1) is 22.2. The molecule has 1 N–H and O–H groups in total. The number of hydrogen-bond acceptors (Lipinski definition) is 7. The second-order valence-corrected chi connectivity index (χ2v) is 13.9. The summed E-state index contributed by atoms with van der Waals surface area (Å²) in [5, 5.41) is 15.4. The Morgan fingerprint density at radius 1 is 1.11 bits per heavy atom. The number of fused-ring (bicyclic) bond motifs is 7. The average Bonchev–Trinajstić information content (AvgIpc) is 3.43. The monoisotopic (exact) mass is 648 g/mol. The van der Waals surface area contributed by atoms with Crippen molar-refractivity contribution in [2.24, 2.45) is 0 Å². The molecular weight excluding hydrogens is 606 g/mol. The maximum absolute atomic E-state index is 14.6. The van der Waals surface area contributed by atoms with Crippen molar-refractivity contribution in [2.75, 3.05) is 24.6 Å². The van der Waals surface area contributed by atoms with Crippen LogP contribution in [0.1, 0.15) is 77.7 Å². The van der Waals surface area contributed by atoms with Gasteiger partial charge in [0.15, 0.2) is 23.4 Å². The molecule has 250 valence electrons. The Kier molecular flexibility index (Phi) is 8.73. The molecule has 0 spiro atoms. The summed E-state index contributed by atoms with van der Waals surface area (Å²) in [6, 6.07) is 11.5. The Bertz CT molecular complexity index is 1810. The fraction of sp³-hybridized carbons (Fsp3) is 0.472. The second kappa shape index (κ2) is 12.5. The predicted octanol–water partition coefficient (Wildman–Crippen LogP) is 7.53. The van der Waals surface area contributed by atoms with Crippen LogP contribution in [-0.4, -0.2) is 62.7 Å². The number of aliphatic carboxylic acids is 1. The standard InChI is InChI=1S/C36H42F2N4O5/c1-21-9-8-16-45-36(6)12-14-41(15-13-36)33-31(32(34(43)44)47-35(3,4)5)22(2)39-30-20-28(40-42(30)33)24-11-7-10-23(17-24)25-18-26(37)27(38)19-29(25)46-21/h7,10-11,17-21,32H,8-9,12-16H2,1-6H3,(H,43,44). The first-order valence-corrected chi connectivity index (χ1v) is 16.2. The van der Waals surface area contributed by atoms with Crippen LogP contribution in [0.5, 0.6) is 5.75 Å². The highest BCUT2D eigenvalue weighted by Gasteiger charge is 2.38. The largest absolute Gasteiger partial charge is 0.490 e. The number of rotatable bonds is 3. The molecule has 11 heteroatoms. The Labute approximate surface area is 273 Å². The van der Waals surface area contributed by atoms with E-state index in [1.165, 1.54) is 0 Å². The van der Waals surface area contributed by atoms with Gasteiger partial charge >= 0.3 is 5.97 Å². The number of benzene rings is 2. The van der Waals surface area contributed by atoms with Gasteiger partial charge in [-0.25, -0.2) is 18.6 Å². The lowest BCUT2D eigenvalue weighted by Gasteiger charge is -2.41. The highest BCUT2D eigenvalue weighted by molar-refractivity contribution is 5.80. The summed E-state index contributed by atoms with van der Waals surface area (Å²) in [4.78, 5) is 19.7. The molecule has 2 aromatic heterocycles. The van der Waals surface area contributed by atoms with Crippen molar-refractivity contribution >= 4 is 17.4 Å². The minimum absolute atomic E-state index is 0.253. The lowest BCUT2D eigenvalue weighted by molar-refractivity contribution is -0.160. The minimum Gasteiger partial charge on any atom is -0.490 e. The molecule has 3 aliphatic heterocycles. The highest BCUT2D eigenvalue weighted by atomic mass is 19.2. The van der Waals surface area contributed by atoms with Gasteiger partial charge in [-0.2, -0.15) is 9.61 Å². The molecule has 9 nitrogen and oxygen atoms in total. The van der Waals surface area contributed by atoms with E-state index >= 15 is 0 Å². The number of anilines is 1. The summed E-state index contributed by atoms with van der Waals surface area (Å²) in [7, 11) is 0. The van der Waals surface area contributed by atoms with Crippen LogP contribution in [0.4, 0.5) is 14.6 Å². The molecule has 0 aliphatic carbocycles. The van der Waals surface area contributed by atoms with E-state index < -0.39 is 29.3 Å². The van der Waals surface area contributed by atoms with E-state index in [1.54, 1.807) is 11.4 Å². The zero-order valence-corrected chi connectivity index (χ0v) is 27.8. The van der Waals surface area contributed by atoms with Crippen LogP contribution in [0, 0.1) is 18.6 Å². The number of ether oxygens (including phenoxy) is 3. The number of aryl methyl sites for hydroxylation is 1. The smallest absolute Gasteiger partial charge is 0.337 e. The molecule has 2 unspecified atom stereocenters. The molecular formula is C36H42F2N4O5. The van der Waals surface area contributed by atoms with E-state index in [0.717, 1.165) is 24.1 Å². The summed E-state index contributed by atoms with van der Waals surface area (Å²) >= 11 is 0. The SMILES string of the molecule is Cc1nc2cc3nn2c(c1C(OC(C)(C)C)C(=O)O)N1CCC(C)(CC1)OCCCC(C)Oc1cc(F)c(F)cc1-c1cccc-3c1. The highest BCUT2D eigenvalue weighted by Crippen LogP contribution is 2.40. The van der Waals surface area contributed by atoms with E-state index in [9.17, 15) is 18.7 Å². The van der Waals surface area contributed by atoms with Crippen LogP contribution in [0.3, 0.4) is 0 Å². The van der Waals surface area contributed by atoms with Gasteiger partial charge in [0.2, 0.25) is 0 Å². The van der Waals surface area contributed by atoms with Gasteiger partial charge in [0.25, 0.3) is 0 Å². The van der Waals surface area contributed by atoms with Crippen LogP contribution >= 0.6 is 0 Å². The van der Waals surface area contributed by atoms with Gasteiger partial charge in [-0.1, -0.05) is 18.2 Å². The predicted molar refractivity (Wildman–Crippen MR) is 175 cm³/mol. The number of carboxylic acids is 1. The maximum Gasteiger partial charge on any atom is 0.337 e. The number of piperidine rings is 1. The van der Waals surface area contributed by atoms with Crippen LogP contribution in [0.15, 0.2) is 42.5 Å². The Morgan fingerprint density at radius 2 is 1.81 bits per heavy atom. The van der Waals surface area contributed by atoms with E-state index in [4.69, 9.17) is 24.3 Å². The summed E-state index contributed by atoms with van der Waals surface area (Å²) < 4.78 is 49.6. The van der Waals surface area contributed by atoms with Gasteiger partial charge in [-0.15, -0.1) is 0 Å². The number of hydrogen-bond donors (Lipinski definition) is 1. The van der Waals surface area contributed by atoms with Crippen molar-refractivity contribution in [3.63, 3.8) is 0 Å². The first-order valence-electron chi connectivity index (χ1n) is 16.2. The van der Waals surface area contributed by atoms with Crippen molar-refractivity contribution < 1.29 is 32.9 Å². The van der Waals surface area contributed by atoms with Crippen LogP contribution in [0.25, 0.3) is 28.0 Å². The molecule has 0 saturated carbocycles. The molecule has 6 bridgehead atoms. The van der Waals surface area contributed by atoms with Gasteiger partial charge in [-0.05, 0) is 84.9 Å². The van der Waals surface area contributed by atoms with Crippen molar-refractivity contribution in [3.8, 4) is 28.1 Å². The Balaban J connectivity index is 1.56. The molecule has 47 heavy (non-hydrogen) atoms. The number of carbonyl (C=O) groups is 1. The van der Waals surface area contributed by atoms with Gasteiger partial charge in [-0.3, -0.25) is 0 Å². The van der Waals surface area contributed by atoms with E-state index in [2.05, 4.69) is 11.8 Å². The van der Waals surface area contributed by atoms with Gasteiger partial charge < -0.3 is 24.2 Å². The van der Waals surface area contributed by atoms with Gasteiger partial charge in [0.05, 0.1) is 28.6 Å². The van der Waals surface area contributed by atoms with Crippen molar-refractivity contribution in [1.82, 2.24) is 14.6 Å². The van der Waals surface area contributed by atoms with Crippen molar-refractivity contribution in [2.45, 2.75) is 90.6 Å². The lowest BCUT2D eigenvalue weighted by Crippen LogP contribution is -2.46. The summed E-state index contributed by atoms with van der Waals surface area (Å²) in [6.07, 6.45) is 1.28. The quantitative estimate of drug-likeness (QED) is 0.244. The molecule has 2 atom stereocenters. The van der Waals surface area contributed by atoms with E-state index in [0.29, 0.717) is 78.5 Å². The van der Waals surface area contributed by atoms with Crippen LogP contribution in [0.2, 0.25) is 0 Å². The third-order valence-corrected chi connectivity index (χ3v) is 8.91. The number of carboxylic acid groups (broad SMARTS) is 1. The minimum atomic E-state index is -1.28. The van der Waals surface area contributed by atoms with E-state index in [1.807, 2.05) is 58.0 Å². The molecule has 7 rings (SSSR count). The lowest BCUT2D eigenvalue weighted by atomic mass is 9.92. The molecule has 2 aromatic carbocycles. The second-order valence-electron chi connectivity index (χ2n) is 13.9. The molecule has 1 saturated heterocycles. The molecule has 0 amide bonds.